The number of hydrogen-bond donors (Lipinski definition) is 1. The second-order valence-corrected chi connectivity index (χ2v) is 4.69. The predicted octanol–water partition coefficient (Wildman–Crippen LogP) is 1.98. The minimum atomic E-state index is -0.263. The lowest BCUT2D eigenvalue weighted by atomic mass is 10.1. The third-order valence-corrected chi connectivity index (χ3v) is 2.53. The van der Waals surface area contributed by atoms with Gasteiger partial charge in [0.25, 0.3) is 0 Å². The zero-order valence-electron chi connectivity index (χ0n) is 11.8. The molecular formula is C13H27NO3. The summed E-state index contributed by atoms with van der Waals surface area (Å²) < 4.78 is 10.6. The minimum Gasteiger partial charge on any atom is -0.465 e. The topological polar surface area (TPSA) is 47.6 Å². The Balaban J connectivity index is 3.80. The first kappa shape index (κ1) is 16.4. The van der Waals surface area contributed by atoms with Crippen molar-refractivity contribution in [1.82, 2.24) is 5.32 Å². The quantitative estimate of drug-likeness (QED) is 0.631. The van der Waals surface area contributed by atoms with E-state index in [4.69, 9.17) is 9.47 Å². The highest BCUT2D eigenvalue weighted by atomic mass is 16.5. The highest BCUT2D eigenvalue weighted by Gasteiger charge is 2.17. The summed E-state index contributed by atoms with van der Waals surface area (Å²) in [5, 5.41) is 2.95. The molecule has 0 aromatic heterocycles. The summed E-state index contributed by atoms with van der Waals surface area (Å²) in [4.78, 5) is 11.5. The molecule has 4 nitrogen and oxygen atoms in total. The number of carbonyl (C=O) groups is 1. The average molecular weight is 245 g/mol. The molecule has 1 N–H and O–H groups in total. The number of carbonyl (C=O) groups excluding carboxylic acids is 1. The maximum absolute atomic E-state index is 11.5. The Kier molecular flexibility index (Phi) is 9.09. The van der Waals surface area contributed by atoms with Crippen molar-refractivity contribution in [2.45, 2.75) is 52.7 Å². The SMILES string of the molecule is CCOC(=O)C(CCOC(C)CC(C)C)NC. The van der Waals surface area contributed by atoms with E-state index in [1.807, 2.05) is 6.92 Å². The van der Waals surface area contributed by atoms with Crippen molar-refractivity contribution in [1.29, 1.82) is 0 Å². The highest BCUT2D eigenvalue weighted by molar-refractivity contribution is 5.75. The highest BCUT2D eigenvalue weighted by Crippen LogP contribution is 2.08. The van der Waals surface area contributed by atoms with Gasteiger partial charge in [0.05, 0.1) is 12.7 Å². The first-order valence-corrected chi connectivity index (χ1v) is 6.46. The molecule has 2 unspecified atom stereocenters. The lowest BCUT2D eigenvalue weighted by Crippen LogP contribution is -2.36. The van der Waals surface area contributed by atoms with Crippen molar-refractivity contribution in [3.05, 3.63) is 0 Å². The molecule has 0 rings (SSSR count). The number of nitrogens with one attached hydrogen (secondary N) is 1. The van der Waals surface area contributed by atoms with Gasteiger partial charge in [0.2, 0.25) is 0 Å². The Morgan fingerprint density at radius 1 is 1.29 bits per heavy atom. The average Bonchev–Trinajstić information content (AvgIpc) is 2.23. The molecule has 102 valence electrons. The summed E-state index contributed by atoms with van der Waals surface area (Å²) in [6.07, 6.45) is 1.94. The van der Waals surface area contributed by atoms with Crippen molar-refractivity contribution in [3.8, 4) is 0 Å². The van der Waals surface area contributed by atoms with Gasteiger partial charge in [0.15, 0.2) is 0 Å². The van der Waals surface area contributed by atoms with Crippen LogP contribution in [0.4, 0.5) is 0 Å². The van der Waals surface area contributed by atoms with Gasteiger partial charge in [0.1, 0.15) is 6.04 Å². The molecule has 0 bridgehead atoms. The number of likely N-dealkylation sites (N-methyl/N-ethyl adjacent to an activating group) is 1. The van der Waals surface area contributed by atoms with Crippen LogP contribution in [0.15, 0.2) is 0 Å². The molecule has 4 heteroatoms. The molecule has 0 saturated carbocycles. The molecule has 2 atom stereocenters. The standard InChI is InChI=1S/C13H27NO3/c1-6-16-13(15)12(14-5)7-8-17-11(4)9-10(2)3/h10-12,14H,6-9H2,1-5H3. The number of esters is 1. The molecule has 0 saturated heterocycles. The van der Waals surface area contributed by atoms with Gasteiger partial charge in [-0.2, -0.15) is 0 Å². The molecular weight excluding hydrogens is 218 g/mol. The normalized spacial score (nSPS) is 14.7. The Hall–Kier alpha value is -0.610. The fourth-order valence-electron chi connectivity index (χ4n) is 1.74. The second-order valence-electron chi connectivity index (χ2n) is 4.69. The molecule has 0 spiro atoms. The van der Waals surface area contributed by atoms with Crippen LogP contribution >= 0.6 is 0 Å². The van der Waals surface area contributed by atoms with Gasteiger partial charge in [-0.15, -0.1) is 0 Å². The van der Waals surface area contributed by atoms with Crippen LogP contribution in [0.3, 0.4) is 0 Å². The van der Waals surface area contributed by atoms with E-state index in [0.717, 1.165) is 6.42 Å². The van der Waals surface area contributed by atoms with E-state index in [1.54, 1.807) is 7.05 Å². The van der Waals surface area contributed by atoms with Crippen molar-refractivity contribution in [3.63, 3.8) is 0 Å². The Morgan fingerprint density at radius 2 is 1.94 bits per heavy atom. The molecule has 0 aliphatic carbocycles. The number of ether oxygens (including phenoxy) is 2. The van der Waals surface area contributed by atoms with E-state index in [9.17, 15) is 4.79 Å². The summed E-state index contributed by atoms with van der Waals surface area (Å²) in [5.41, 5.74) is 0. The maximum Gasteiger partial charge on any atom is 0.323 e. The van der Waals surface area contributed by atoms with Crippen molar-refractivity contribution in [2.75, 3.05) is 20.3 Å². The summed E-state index contributed by atoms with van der Waals surface area (Å²) in [6, 6.07) is -0.263. The van der Waals surface area contributed by atoms with Crippen molar-refractivity contribution >= 4 is 5.97 Å². The molecule has 0 amide bonds. The molecule has 0 aliphatic rings. The van der Waals surface area contributed by atoms with Gasteiger partial charge in [-0.3, -0.25) is 4.79 Å². The number of hydrogen-bond acceptors (Lipinski definition) is 4. The molecule has 0 heterocycles. The van der Waals surface area contributed by atoms with Crippen LogP contribution < -0.4 is 5.32 Å². The third kappa shape index (κ3) is 8.16. The molecule has 17 heavy (non-hydrogen) atoms. The first-order chi connectivity index (χ1) is 8.01. The smallest absolute Gasteiger partial charge is 0.323 e. The summed E-state index contributed by atoms with van der Waals surface area (Å²) in [7, 11) is 1.76. The van der Waals surface area contributed by atoms with Gasteiger partial charge in [0, 0.05) is 6.61 Å². The Labute approximate surface area is 105 Å². The molecule has 0 radical (unpaired) electrons. The van der Waals surface area contributed by atoms with E-state index in [1.165, 1.54) is 0 Å². The second kappa shape index (κ2) is 9.42. The van der Waals surface area contributed by atoms with Crippen LogP contribution in [0.25, 0.3) is 0 Å². The van der Waals surface area contributed by atoms with Crippen LogP contribution in [0, 0.1) is 5.92 Å². The molecule has 0 aliphatic heterocycles. The largest absolute Gasteiger partial charge is 0.465 e. The summed E-state index contributed by atoms with van der Waals surface area (Å²) in [5.74, 6) is 0.435. The van der Waals surface area contributed by atoms with Gasteiger partial charge < -0.3 is 14.8 Å². The lowest BCUT2D eigenvalue weighted by molar-refractivity contribution is -0.146. The minimum absolute atomic E-state index is 0.199. The predicted molar refractivity (Wildman–Crippen MR) is 69.0 cm³/mol. The van der Waals surface area contributed by atoms with E-state index in [0.29, 0.717) is 25.6 Å². The van der Waals surface area contributed by atoms with Crippen LogP contribution in [-0.2, 0) is 14.3 Å². The van der Waals surface area contributed by atoms with Crippen LogP contribution in [-0.4, -0.2) is 38.4 Å². The molecule has 0 aromatic carbocycles. The monoisotopic (exact) mass is 245 g/mol. The molecule has 0 aromatic rings. The van der Waals surface area contributed by atoms with Crippen LogP contribution in [0.5, 0.6) is 0 Å². The van der Waals surface area contributed by atoms with E-state index in [2.05, 4.69) is 26.1 Å². The molecule has 0 fully saturated rings. The van der Waals surface area contributed by atoms with E-state index >= 15 is 0 Å². The number of rotatable bonds is 9. The van der Waals surface area contributed by atoms with Gasteiger partial charge in [-0.05, 0) is 39.7 Å². The lowest BCUT2D eigenvalue weighted by Gasteiger charge is -2.18. The van der Waals surface area contributed by atoms with Crippen LogP contribution in [0.2, 0.25) is 0 Å². The first-order valence-electron chi connectivity index (χ1n) is 6.46. The fourth-order valence-corrected chi connectivity index (χ4v) is 1.74. The van der Waals surface area contributed by atoms with Gasteiger partial charge >= 0.3 is 5.97 Å². The van der Waals surface area contributed by atoms with Crippen LogP contribution in [0.1, 0.15) is 40.5 Å². The Morgan fingerprint density at radius 3 is 2.41 bits per heavy atom. The van der Waals surface area contributed by atoms with E-state index in [-0.39, 0.29) is 18.1 Å². The zero-order valence-corrected chi connectivity index (χ0v) is 11.8. The summed E-state index contributed by atoms with van der Waals surface area (Å²) >= 11 is 0. The third-order valence-electron chi connectivity index (χ3n) is 2.53. The van der Waals surface area contributed by atoms with Gasteiger partial charge in [-0.25, -0.2) is 0 Å². The Bertz CT molecular complexity index is 207. The van der Waals surface area contributed by atoms with E-state index < -0.39 is 0 Å². The van der Waals surface area contributed by atoms with Gasteiger partial charge in [-0.1, -0.05) is 13.8 Å². The fraction of sp³-hybridized carbons (Fsp3) is 0.923. The maximum atomic E-state index is 11.5. The van der Waals surface area contributed by atoms with Crippen molar-refractivity contribution < 1.29 is 14.3 Å². The zero-order chi connectivity index (χ0) is 13.3. The summed E-state index contributed by atoms with van der Waals surface area (Å²) in [6.45, 7) is 9.23. The van der Waals surface area contributed by atoms with Crippen molar-refractivity contribution in [2.24, 2.45) is 5.92 Å².